The number of rotatable bonds is 1. The Labute approximate surface area is 135 Å². The monoisotopic (exact) mass is 311 g/mol. The third-order valence-corrected chi connectivity index (χ3v) is 5.58. The van der Waals surface area contributed by atoms with E-state index in [1.54, 1.807) is 4.90 Å². The number of anilines is 1. The smallest absolute Gasteiger partial charge is 0.243 e. The number of hydrogen-bond donors (Lipinski definition) is 1. The van der Waals surface area contributed by atoms with Crippen LogP contribution in [0, 0.1) is 17.8 Å². The normalized spacial score (nSPS) is 29.7. The van der Waals surface area contributed by atoms with Crippen LogP contribution in [0.2, 0.25) is 0 Å². The first-order chi connectivity index (χ1) is 11.1. The van der Waals surface area contributed by atoms with Crippen molar-refractivity contribution in [2.24, 2.45) is 22.9 Å². The van der Waals surface area contributed by atoms with E-state index in [4.69, 9.17) is 0 Å². The van der Waals surface area contributed by atoms with Crippen LogP contribution in [0.25, 0.3) is 0 Å². The Morgan fingerprint density at radius 1 is 1.17 bits per heavy atom. The summed E-state index contributed by atoms with van der Waals surface area (Å²) in [5.41, 5.74) is 6.92. The van der Waals surface area contributed by atoms with Gasteiger partial charge in [0.05, 0.1) is 5.71 Å². The van der Waals surface area contributed by atoms with E-state index in [1.165, 1.54) is 5.56 Å². The van der Waals surface area contributed by atoms with Gasteiger partial charge in [-0.3, -0.25) is 9.59 Å². The third-order valence-electron chi connectivity index (χ3n) is 5.58. The van der Waals surface area contributed by atoms with Crippen molar-refractivity contribution in [1.29, 1.82) is 0 Å². The van der Waals surface area contributed by atoms with Crippen LogP contribution in [0.3, 0.4) is 0 Å². The molecule has 2 aliphatic heterocycles. The maximum atomic E-state index is 12.3. The van der Waals surface area contributed by atoms with Gasteiger partial charge in [-0.2, -0.15) is 5.10 Å². The predicted molar refractivity (Wildman–Crippen MR) is 88.2 cm³/mol. The van der Waals surface area contributed by atoms with E-state index in [0.717, 1.165) is 42.6 Å². The molecule has 0 spiro atoms. The minimum absolute atomic E-state index is 0.0539. The fraction of sp³-hybridized carbons (Fsp3) is 0.500. The average molecular weight is 311 g/mol. The number of benzene rings is 1. The van der Waals surface area contributed by atoms with Crippen molar-refractivity contribution < 1.29 is 9.59 Å². The van der Waals surface area contributed by atoms with Crippen molar-refractivity contribution in [2.45, 2.75) is 32.6 Å². The highest BCUT2D eigenvalue weighted by Gasteiger charge is 2.43. The molecule has 1 fully saturated rings. The second-order valence-corrected chi connectivity index (χ2v) is 6.94. The molecule has 0 aromatic heterocycles. The van der Waals surface area contributed by atoms with E-state index < -0.39 is 0 Å². The Bertz CT molecular complexity index is 725. The number of carbonyl (C=O) groups is 2. The summed E-state index contributed by atoms with van der Waals surface area (Å²) in [6, 6.07) is 6.21. The molecular formula is C18H21N3O2. The van der Waals surface area contributed by atoms with Crippen LogP contribution in [-0.4, -0.2) is 24.6 Å². The highest BCUT2D eigenvalue weighted by molar-refractivity contribution is 6.08. The number of amides is 2. The molecule has 1 N–H and O–H groups in total. The SMILES string of the molecule is CC1CCc2cc(C3=NNC(=O)C4CCC34)ccc2N(C)C1=O. The van der Waals surface area contributed by atoms with Gasteiger partial charge >= 0.3 is 0 Å². The first kappa shape index (κ1) is 14.4. The predicted octanol–water partition coefficient (Wildman–Crippen LogP) is 2.09. The molecule has 0 bridgehead atoms. The van der Waals surface area contributed by atoms with Gasteiger partial charge in [0.2, 0.25) is 11.8 Å². The van der Waals surface area contributed by atoms with Gasteiger partial charge in [0.1, 0.15) is 0 Å². The molecule has 2 heterocycles. The quantitative estimate of drug-likeness (QED) is 0.863. The largest absolute Gasteiger partial charge is 0.315 e. The lowest BCUT2D eigenvalue weighted by atomic mass is 9.68. The summed E-state index contributed by atoms with van der Waals surface area (Å²) in [6.07, 6.45) is 3.75. The van der Waals surface area contributed by atoms with E-state index in [2.05, 4.69) is 16.6 Å². The molecule has 1 aromatic carbocycles. The second kappa shape index (κ2) is 5.18. The first-order valence-corrected chi connectivity index (χ1v) is 8.34. The molecule has 1 aromatic rings. The average Bonchev–Trinajstić information content (AvgIpc) is 2.61. The number of hydrazone groups is 1. The molecule has 23 heavy (non-hydrogen) atoms. The van der Waals surface area contributed by atoms with Crippen molar-refractivity contribution in [3.8, 4) is 0 Å². The summed E-state index contributed by atoms with van der Waals surface area (Å²) in [5, 5.41) is 4.32. The van der Waals surface area contributed by atoms with Crippen LogP contribution < -0.4 is 10.3 Å². The van der Waals surface area contributed by atoms with Crippen LogP contribution in [0.15, 0.2) is 23.3 Å². The maximum absolute atomic E-state index is 12.3. The van der Waals surface area contributed by atoms with Gasteiger partial charge in [-0.05, 0) is 48.9 Å². The lowest BCUT2D eigenvalue weighted by Gasteiger charge is -2.39. The first-order valence-electron chi connectivity index (χ1n) is 8.34. The van der Waals surface area contributed by atoms with Gasteiger partial charge < -0.3 is 4.90 Å². The number of fused-ring (bicyclic) bond motifs is 2. The van der Waals surface area contributed by atoms with Crippen molar-refractivity contribution in [3.63, 3.8) is 0 Å². The Balaban J connectivity index is 1.71. The molecule has 0 radical (unpaired) electrons. The van der Waals surface area contributed by atoms with E-state index in [-0.39, 0.29) is 29.6 Å². The van der Waals surface area contributed by atoms with E-state index >= 15 is 0 Å². The number of hydrogen-bond acceptors (Lipinski definition) is 3. The standard InChI is InChI=1S/C18H21N3O2/c1-10-3-4-11-9-12(5-8-15(11)21(2)18(10)23)16-13-6-7-14(13)17(22)20-19-16/h5,8-10,13-14H,3-4,6-7H2,1-2H3,(H,20,22). The lowest BCUT2D eigenvalue weighted by Crippen LogP contribution is -2.47. The number of nitrogens with zero attached hydrogens (tertiary/aromatic N) is 2. The zero-order valence-electron chi connectivity index (χ0n) is 13.5. The molecule has 120 valence electrons. The summed E-state index contributed by atoms with van der Waals surface area (Å²) in [5.74, 6) is 0.631. The second-order valence-electron chi connectivity index (χ2n) is 6.94. The molecular weight excluding hydrogens is 290 g/mol. The van der Waals surface area contributed by atoms with Crippen molar-refractivity contribution in [1.82, 2.24) is 5.43 Å². The Kier molecular flexibility index (Phi) is 3.25. The van der Waals surface area contributed by atoms with E-state index in [9.17, 15) is 9.59 Å². The highest BCUT2D eigenvalue weighted by atomic mass is 16.2. The maximum Gasteiger partial charge on any atom is 0.243 e. The van der Waals surface area contributed by atoms with Crippen LogP contribution in [0.4, 0.5) is 5.69 Å². The summed E-state index contributed by atoms with van der Waals surface area (Å²) < 4.78 is 0. The Morgan fingerprint density at radius 3 is 2.70 bits per heavy atom. The zero-order chi connectivity index (χ0) is 16.1. The minimum Gasteiger partial charge on any atom is -0.315 e. The molecule has 1 aliphatic carbocycles. The number of carbonyl (C=O) groups excluding carboxylic acids is 2. The molecule has 2 amide bonds. The van der Waals surface area contributed by atoms with Crippen LogP contribution in [-0.2, 0) is 16.0 Å². The molecule has 5 nitrogen and oxygen atoms in total. The van der Waals surface area contributed by atoms with Crippen LogP contribution >= 0.6 is 0 Å². The number of nitrogens with one attached hydrogen (secondary N) is 1. The molecule has 3 aliphatic rings. The summed E-state index contributed by atoms with van der Waals surface area (Å²) in [6.45, 7) is 1.99. The highest BCUT2D eigenvalue weighted by Crippen LogP contribution is 2.40. The molecule has 1 saturated carbocycles. The van der Waals surface area contributed by atoms with Crippen LogP contribution in [0.1, 0.15) is 37.3 Å². The fourth-order valence-corrected chi connectivity index (χ4v) is 3.92. The van der Waals surface area contributed by atoms with Gasteiger partial charge in [0.15, 0.2) is 0 Å². The fourth-order valence-electron chi connectivity index (χ4n) is 3.92. The van der Waals surface area contributed by atoms with Gasteiger partial charge in [0, 0.05) is 30.5 Å². The molecule has 0 saturated heterocycles. The van der Waals surface area contributed by atoms with E-state index in [0.29, 0.717) is 0 Å². The van der Waals surface area contributed by atoms with Gasteiger partial charge in [0.25, 0.3) is 0 Å². The van der Waals surface area contributed by atoms with Crippen molar-refractivity contribution in [2.75, 3.05) is 11.9 Å². The summed E-state index contributed by atoms with van der Waals surface area (Å²) >= 11 is 0. The van der Waals surface area contributed by atoms with E-state index in [1.807, 2.05) is 26.1 Å². The van der Waals surface area contributed by atoms with Gasteiger partial charge in [-0.1, -0.05) is 13.0 Å². The molecule has 5 heteroatoms. The Hall–Kier alpha value is -2.17. The Morgan fingerprint density at radius 2 is 1.96 bits per heavy atom. The van der Waals surface area contributed by atoms with Crippen molar-refractivity contribution >= 4 is 23.2 Å². The van der Waals surface area contributed by atoms with Crippen LogP contribution in [0.5, 0.6) is 0 Å². The zero-order valence-corrected chi connectivity index (χ0v) is 13.5. The third kappa shape index (κ3) is 2.18. The lowest BCUT2D eigenvalue weighted by molar-refractivity contribution is -0.129. The molecule has 4 rings (SSSR count). The topological polar surface area (TPSA) is 61.8 Å². The molecule has 3 atom stereocenters. The molecule has 3 unspecified atom stereocenters. The van der Waals surface area contributed by atoms with Crippen molar-refractivity contribution in [3.05, 3.63) is 29.3 Å². The van der Waals surface area contributed by atoms with Gasteiger partial charge in [-0.25, -0.2) is 5.43 Å². The van der Waals surface area contributed by atoms with Gasteiger partial charge in [-0.15, -0.1) is 0 Å². The minimum atomic E-state index is 0.0539. The summed E-state index contributed by atoms with van der Waals surface area (Å²) in [4.78, 5) is 25.8. The summed E-state index contributed by atoms with van der Waals surface area (Å²) in [7, 11) is 1.85. The number of aryl methyl sites for hydroxylation is 1.